The Morgan fingerprint density at radius 3 is 2.55 bits per heavy atom. The van der Waals surface area contributed by atoms with E-state index >= 15 is 0 Å². The summed E-state index contributed by atoms with van der Waals surface area (Å²) in [6.45, 7) is 4.26. The molecule has 0 saturated heterocycles. The number of benzene rings is 1. The number of carbonyl (C=O) groups is 1. The van der Waals surface area contributed by atoms with Gasteiger partial charge in [0, 0.05) is 27.8 Å². The third-order valence-corrected chi connectivity index (χ3v) is 5.30. The maximum absolute atomic E-state index is 12.1. The van der Waals surface area contributed by atoms with Gasteiger partial charge in [0.25, 0.3) is 15.0 Å². The second-order valence-corrected chi connectivity index (χ2v) is 8.17. The zero-order chi connectivity index (χ0) is 15.1. The van der Waals surface area contributed by atoms with Gasteiger partial charge in [0.05, 0.1) is 4.90 Å². The second kappa shape index (κ2) is 5.54. The Balaban J connectivity index is 2.26. The molecule has 0 bridgehead atoms. The summed E-state index contributed by atoms with van der Waals surface area (Å²) in [4.78, 5) is 12.0. The Hall–Kier alpha value is -0.780. The molecule has 1 aromatic carbocycles. The van der Waals surface area contributed by atoms with E-state index in [1.165, 1.54) is 12.1 Å². The van der Waals surface area contributed by atoms with Crippen molar-refractivity contribution in [3.8, 4) is 0 Å². The predicted octanol–water partition coefficient (Wildman–Crippen LogP) is 2.96. The number of rotatable bonds is 4. The molecule has 1 aliphatic carbocycles. The molecule has 110 valence electrons. The molecule has 4 nitrogen and oxygen atoms in total. The van der Waals surface area contributed by atoms with Gasteiger partial charge >= 0.3 is 0 Å². The number of carbonyl (C=O) groups excluding carboxylic acids is 1. The van der Waals surface area contributed by atoms with Crippen LogP contribution in [0.25, 0.3) is 0 Å². The zero-order valence-electron chi connectivity index (χ0n) is 11.1. The van der Waals surface area contributed by atoms with Crippen molar-refractivity contribution in [2.24, 2.45) is 11.8 Å². The molecule has 1 amide bonds. The van der Waals surface area contributed by atoms with E-state index in [0.29, 0.717) is 23.9 Å². The molecule has 1 N–H and O–H groups in total. The molecule has 7 heteroatoms. The van der Waals surface area contributed by atoms with Crippen LogP contribution < -0.4 is 5.32 Å². The van der Waals surface area contributed by atoms with Gasteiger partial charge in [0.1, 0.15) is 0 Å². The Morgan fingerprint density at radius 2 is 2.05 bits per heavy atom. The average Bonchev–Trinajstić information content (AvgIpc) is 3.03. The van der Waals surface area contributed by atoms with Gasteiger partial charge in [-0.2, -0.15) is 0 Å². The van der Waals surface area contributed by atoms with E-state index in [9.17, 15) is 13.2 Å². The lowest BCUT2D eigenvalue weighted by atomic mass is 10.1. The van der Waals surface area contributed by atoms with Crippen molar-refractivity contribution in [1.82, 2.24) is 5.32 Å². The Bertz CT molecular complexity index is 658. The van der Waals surface area contributed by atoms with E-state index in [1.54, 1.807) is 6.92 Å². The van der Waals surface area contributed by atoms with E-state index in [-0.39, 0.29) is 21.4 Å². The van der Waals surface area contributed by atoms with Gasteiger partial charge in [-0.1, -0.05) is 18.5 Å². The molecule has 2 atom stereocenters. The summed E-state index contributed by atoms with van der Waals surface area (Å²) >= 11 is 5.87. The molecule has 0 heterocycles. The first-order valence-electron chi connectivity index (χ1n) is 6.23. The van der Waals surface area contributed by atoms with Gasteiger partial charge < -0.3 is 5.32 Å². The van der Waals surface area contributed by atoms with E-state index in [0.717, 1.165) is 6.42 Å². The molecule has 1 fully saturated rings. The van der Waals surface area contributed by atoms with Gasteiger partial charge in [-0.15, -0.1) is 0 Å². The Kier molecular flexibility index (Phi) is 4.33. The van der Waals surface area contributed by atoms with Crippen LogP contribution in [0.4, 0.5) is 0 Å². The van der Waals surface area contributed by atoms with Crippen molar-refractivity contribution in [2.75, 3.05) is 6.54 Å². The van der Waals surface area contributed by atoms with Gasteiger partial charge in [0.2, 0.25) is 0 Å². The highest BCUT2D eigenvalue weighted by molar-refractivity contribution is 8.13. The van der Waals surface area contributed by atoms with Crippen LogP contribution in [0.2, 0.25) is 5.02 Å². The number of halogens is 2. The summed E-state index contributed by atoms with van der Waals surface area (Å²) in [5.41, 5.74) is 0.552. The fourth-order valence-electron chi connectivity index (χ4n) is 2.15. The van der Waals surface area contributed by atoms with Gasteiger partial charge in [-0.05, 0) is 42.9 Å². The third-order valence-electron chi connectivity index (χ3n) is 3.63. The molecule has 0 aromatic heterocycles. The lowest BCUT2D eigenvalue weighted by Gasteiger charge is -2.11. The molecule has 2 unspecified atom stereocenters. The SMILES string of the molecule is Cc1c(C(=O)NCC2CC2C)cc(Cl)cc1S(=O)(=O)Cl. The van der Waals surface area contributed by atoms with E-state index < -0.39 is 9.05 Å². The van der Waals surface area contributed by atoms with Crippen molar-refractivity contribution in [3.05, 3.63) is 28.3 Å². The lowest BCUT2D eigenvalue weighted by Crippen LogP contribution is -2.27. The highest BCUT2D eigenvalue weighted by Gasteiger charge is 2.32. The minimum Gasteiger partial charge on any atom is -0.352 e. The molecular formula is C13H15Cl2NO3S. The summed E-state index contributed by atoms with van der Waals surface area (Å²) in [5, 5.41) is 2.97. The fraction of sp³-hybridized carbons (Fsp3) is 0.462. The van der Waals surface area contributed by atoms with E-state index in [1.807, 2.05) is 0 Å². The van der Waals surface area contributed by atoms with Crippen molar-refractivity contribution in [1.29, 1.82) is 0 Å². The quantitative estimate of drug-likeness (QED) is 0.860. The van der Waals surface area contributed by atoms with Crippen LogP contribution in [0.5, 0.6) is 0 Å². The highest BCUT2D eigenvalue weighted by atomic mass is 35.7. The normalized spacial score (nSPS) is 21.6. The molecule has 0 aliphatic heterocycles. The molecule has 1 aromatic rings. The van der Waals surface area contributed by atoms with Gasteiger partial charge in [-0.3, -0.25) is 4.79 Å². The van der Waals surface area contributed by atoms with Crippen LogP contribution in [0.3, 0.4) is 0 Å². The van der Waals surface area contributed by atoms with Crippen molar-refractivity contribution < 1.29 is 13.2 Å². The van der Waals surface area contributed by atoms with Crippen molar-refractivity contribution >= 4 is 37.2 Å². The first-order valence-corrected chi connectivity index (χ1v) is 8.92. The maximum Gasteiger partial charge on any atom is 0.261 e. The number of hydrogen-bond acceptors (Lipinski definition) is 3. The van der Waals surface area contributed by atoms with Crippen LogP contribution in [0.15, 0.2) is 17.0 Å². The van der Waals surface area contributed by atoms with E-state index in [4.69, 9.17) is 22.3 Å². The van der Waals surface area contributed by atoms with Crippen LogP contribution in [0, 0.1) is 18.8 Å². The summed E-state index contributed by atoms with van der Waals surface area (Å²) in [6.07, 6.45) is 1.11. The molecule has 20 heavy (non-hydrogen) atoms. The standard InChI is InChI=1S/C13H15Cl2NO3S/c1-7-3-9(7)6-16-13(17)11-4-10(14)5-12(8(11)2)20(15,18)19/h4-5,7,9H,3,6H2,1-2H3,(H,16,17). The summed E-state index contributed by atoms with van der Waals surface area (Å²) < 4.78 is 22.9. The fourth-order valence-corrected chi connectivity index (χ4v) is 3.65. The monoisotopic (exact) mass is 335 g/mol. The summed E-state index contributed by atoms with van der Waals surface area (Å²) in [5.74, 6) is 0.815. The second-order valence-electron chi connectivity index (χ2n) is 5.20. The molecule has 2 rings (SSSR count). The zero-order valence-corrected chi connectivity index (χ0v) is 13.4. The first-order chi connectivity index (χ1) is 9.20. The minimum atomic E-state index is -3.93. The van der Waals surface area contributed by atoms with Crippen molar-refractivity contribution in [2.45, 2.75) is 25.2 Å². The maximum atomic E-state index is 12.1. The molecule has 1 aliphatic rings. The first kappa shape index (κ1) is 15.6. The molecule has 0 radical (unpaired) electrons. The van der Waals surface area contributed by atoms with Gasteiger partial charge in [-0.25, -0.2) is 8.42 Å². The highest BCUT2D eigenvalue weighted by Crippen LogP contribution is 2.36. The van der Waals surface area contributed by atoms with Crippen LogP contribution in [0.1, 0.15) is 29.3 Å². The number of hydrogen-bond donors (Lipinski definition) is 1. The predicted molar refractivity (Wildman–Crippen MR) is 78.8 cm³/mol. The largest absolute Gasteiger partial charge is 0.352 e. The number of amides is 1. The van der Waals surface area contributed by atoms with Gasteiger partial charge in [0.15, 0.2) is 0 Å². The van der Waals surface area contributed by atoms with Crippen LogP contribution in [-0.4, -0.2) is 20.9 Å². The third kappa shape index (κ3) is 3.45. The molecule has 1 saturated carbocycles. The van der Waals surface area contributed by atoms with Crippen LogP contribution >= 0.6 is 22.3 Å². The number of nitrogens with one attached hydrogen (secondary N) is 1. The molecule has 0 spiro atoms. The Labute approximate surface area is 127 Å². The molecular weight excluding hydrogens is 321 g/mol. The minimum absolute atomic E-state index is 0.128. The summed E-state index contributed by atoms with van der Waals surface area (Å²) in [7, 11) is 1.42. The summed E-state index contributed by atoms with van der Waals surface area (Å²) in [6, 6.07) is 2.70. The van der Waals surface area contributed by atoms with Crippen LogP contribution in [-0.2, 0) is 9.05 Å². The topological polar surface area (TPSA) is 63.2 Å². The smallest absolute Gasteiger partial charge is 0.261 e. The Morgan fingerprint density at radius 1 is 1.45 bits per heavy atom. The van der Waals surface area contributed by atoms with Crippen molar-refractivity contribution in [3.63, 3.8) is 0 Å². The lowest BCUT2D eigenvalue weighted by molar-refractivity contribution is 0.0950. The average molecular weight is 336 g/mol. The van der Waals surface area contributed by atoms with E-state index in [2.05, 4.69) is 12.2 Å².